The molecule has 2 aromatic rings. The van der Waals surface area contributed by atoms with Gasteiger partial charge in [-0.05, 0) is 43.7 Å². The summed E-state index contributed by atoms with van der Waals surface area (Å²) in [4.78, 5) is 42.2. The Bertz CT molecular complexity index is 971. The quantitative estimate of drug-likeness (QED) is 0.450. The Balaban J connectivity index is 1.49. The Morgan fingerprint density at radius 1 is 1.00 bits per heavy atom. The second-order valence-corrected chi connectivity index (χ2v) is 9.14. The van der Waals surface area contributed by atoms with E-state index in [1.54, 1.807) is 31.5 Å². The molecule has 32 heavy (non-hydrogen) atoms. The Hall–Kier alpha value is -2.83. The topological polar surface area (TPSA) is 100 Å². The van der Waals surface area contributed by atoms with Gasteiger partial charge in [0, 0.05) is 29.2 Å². The van der Waals surface area contributed by atoms with Gasteiger partial charge in [-0.2, -0.15) is 0 Å². The summed E-state index contributed by atoms with van der Waals surface area (Å²) in [5, 5.41) is 6.62. The summed E-state index contributed by atoms with van der Waals surface area (Å²) in [7, 11) is 1.58. The van der Waals surface area contributed by atoms with Crippen molar-refractivity contribution in [2.45, 2.75) is 76.3 Å². The summed E-state index contributed by atoms with van der Waals surface area (Å²) in [5.74, 6) is -0.770. The number of benzene rings is 1. The van der Waals surface area contributed by atoms with Gasteiger partial charge >= 0.3 is 0 Å². The predicted octanol–water partition coefficient (Wildman–Crippen LogP) is 3.87. The summed E-state index contributed by atoms with van der Waals surface area (Å²) in [6, 6.07) is 4.80. The molecule has 1 atom stereocenters. The number of carbonyl (C=O) groups is 3. The smallest absolute Gasteiger partial charge is 0.293 e. The fraction of sp³-hybridized carbons (Fsp3) is 0.560. The van der Waals surface area contributed by atoms with E-state index < -0.39 is 17.7 Å². The Kier molecular flexibility index (Phi) is 7.12. The van der Waals surface area contributed by atoms with Gasteiger partial charge in [0.15, 0.2) is 0 Å². The molecule has 0 aliphatic heterocycles. The van der Waals surface area contributed by atoms with Crippen molar-refractivity contribution < 1.29 is 19.1 Å². The first-order valence-corrected chi connectivity index (χ1v) is 11.9. The standard InChI is InChI=1S/C25H33N3O4/c1-32-18-12-13-19-20(15-26-21(19)14-18)23(29)25(31)28-22(16-8-4-2-5-9-16)24(30)27-17-10-6-3-7-11-17/h12-17,22,26H,2-11H2,1H3,(H,27,30)(H,28,31). The van der Waals surface area contributed by atoms with Crippen molar-refractivity contribution in [3.8, 4) is 5.75 Å². The first-order valence-electron chi connectivity index (χ1n) is 11.9. The van der Waals surface area contributed by atoms with Crippen LogP contribution in [0.15, 0.2) is 24.4 Å². The van der Waals surface area contributed by atoms with Crippen LogP contribution < -0.4 is 15.4 Å². The van der Waals surface area contributed by atoms with Gasteiger partial charge in [0.05, 0.1) is 12.7 Å². The first-order chi connectivity index (χ1) is 15.6. The number of rotatable bonds is 7. The molecule has 7 heteroatoms. The first kappa shape index (κ1) is 22.4. The highest BCUT2D eigenvalue weighted by atomic mass is 16.5. The summed E-state index contributed by atoms with van der Waals surface area (Å²) >= 11 is 0. The minimum atomic E-state index is -0.726. The molecule has 0 radical (unpaired) electrons. The minimum Gasteiger partial charge on any atom is -0.497 e. The average Bonchev–Trinajstić information content (AvgIpc) is 3.26. The number of ketones is 1. The third-order valence-corrected chi connectivity index (χ3v) is 6.98. The van der Waals surface area contributed by atoms with E-state index in [9.17, 15) is 14.4 Å². The summed E-state index contributed by atoms with van der Waals surface area (Å²) in [6.45, 7) is 0. The fourth-order valence-corrected chi connectivity index (χ4v) is 5.15. The second kappa shape index (κ2) is 10.2. The third kappa shape index (κ3) is 4.97. The molecule has 1 unspecified atom stereocenters. The summed E-state index contributed by atoms with van der Waals surface area (Å²) in [6.07, 6.45) is 12.0. The van der Waals surface area contributed by atoms with Crippen molar-refractivity contribution in [2.24, 2.45) is 5.92 Å². The molecule has 4 rings (SSSR count). The van der Waals surface area contributed by atoms with Crippen LogP contribution in [0.1, 0.15) is 74.6 Å². The normalized spacial score (nSPS) is 18.8. The number of nitrogens with one attached hydrogen (secondary N) is 3. The predicted molar refractivity (Wildman–Crippen MR) is 123 cm³/mol. The van der Waals surface area contributed by atoms with Crippen LogP contribution in [0.25, 0.3) is 10.9 Å². The van der Waals surface area contributed by atoms with Gasteiger partial charge in [0.1, 0.15) is 11.8 Å². The zero-order valence-corrected chi connectivity index (χ0v) is 18.7. The van der Waals surface area contributed by atoms with E-state index in [1.165, 1.54) is 6.42 Å². The fourth-order valence-electron chi connectivity index (χ4n) is 5.15. The number of fused-ring (bicyclic) bond motifs is 1. The Labute approximate surface area is 188 Å². The van der Waals surface area contributed by atoms with Crippen LogP contribution in [-0.2, 0) is 9.59 Å². The van der Waals surface area contributed by atoms with Crippen LogP contribution in [0.5, 0.6) is 5.75 Å². The summed E-state index contributed by atoms with van der Waals surface area (Å²) in [5.41, 5.74) is 1.02. The van der Waals surface area contributed by atoms with E-state index in [0.29, 0.717) is 16.7 Å². The van der Waals surface area contributed by atoms with Crippen LogP contribution in [0.2, 0.25) is 0 Å². The van der Waals surface area contributed by atoms with E-state index in [-0.39, 0.29) is 17.9 Å². The highest BCUT2D eigenvalue weighted by Gasteiger charge is 2.34. The van der Waals surface area contributed by atoms with Crippen LogP contribution >= 0.6 is 0 Å². The zero-order chi connectivity index (χ0) is 22.5. The van der Waals surface area contributed by atoms with Crippen molar-refractivity contribution in [1.82, 2.24) is 15.6 Å². The molecular formula is C25H33N3O4. The lowest BCUT2D eigenvalue weighted by Crippen LogP contribution is -2.54. The number of aromatic nitrogens is 1. The molecule has 2 aliphatic rings. The van der Waals surface area contributed by atoms with Crippen LogP contribution in [0, 0.1) is 5.92 Å². The van der Waals surface area contributed by atoms with Gasteiger partial charge in [-0.25, -0.2) is 0 Å². The molecule has 0 spiro atoms. The molecule has 2 amide bonds. The zero-order valence-electron chi connectivity index (χ0n) is 18.7. The Morgan fingerprint density at radius 2 is 1.69 bits per heavy atom. The maximum absolute atomic E-state index is 13.2. The molecule has 7 nitrogen and oxygen atoms in total. The molecule has 2 fully saturated rings. The van der Waals surface area contributed by atoms with Crippen LogP contribution in [0.4, 0.5) is 0 Å². The van der Waals surface area contributed by atoms with E-state index in [1.807, 2.05) is 0 Å². The van der Waals surface area contributed by atoms with E-state index in [2.05, 4.69) is 15.6 Å². The van der Waals surface area contributed by atoms with Gasteiger partial charge < -0.3 is 20.4 Å². The van der Waals surface area contributed by atoms with Crippen molar-refractivity contribution >= 4 is 28.5 Å². The van der Waals surface area contributed by atoms with Gasteiger partial charge in [-0.15, -0.1) is 0 Å². The number of H-pyrrole nitrogens is 1. The third-order valence-electron chi connectivity index (χ3n) is 6.98. The lowest BCUT2D eigenvalue weighted by atomic mass is 9.83. The lowest BCUT2D eigenvalue weighted by molar-refractivity contribution is -0.129. The molecule has 0 saturated heterocycles. The minimum absolute atomic E-state index is 0.0660. The highest BCUT2D eigenvalue weighted by Crippen LogP contribution is 2.28. The second-order valence-electron chi connectivity index (χ2n) is 9.14. The number of methoxy groups -OCH3 is 1. The van der Waals surface area contributed by atoms with E-state index in [0.717, 1.165) is 63.3 Å². The molecule has 1 aromatic carbocycles. The SMILES string of the molecule is COc1ccc2c(C(=O)C(=O)NC(C(=O)NC3CCCCC3)C3CCCCC3)c[nH]c2c1. The van der Waals surface area contributed by atoms with Gasteiger partial charge in [0.25, 0.3) is 11.7 Å². The molecule has 1 aromatic heterocycles. The molecular weight excluding hydrogens is 406 g/mol. The van der Waals surface area contributed by atoms with Crippen molar-refractivity contribution in [3.05, 3.63) is 30.0 Å². The van der Waals surface area contributed by atoms with Crippen molar-refractivity contribution in [3.63, 3.8) is 0 Å². The van der Waals surface area contributed by atoms with Crippen molar-refractivity contribution in [1.29, 1.82) is 0 Å². The van der Waals surface area contributed by atoms with Crippen LogP contribution in [-0.4, -0.2) is 41.8 Å². The monoisotopic (exact) mass is 439 g/mol. The van der Waals surface area contributed by atoms with Gasteiger partial charge in [-0.3, -0.25) is 14.4 Å². The van der Waals surface area contributed by atoms with Gasteiger partial charge in [0.2, 0.25) is 5.91 Å². The Morgan fingerprint density at radius 3 is 2.38 bits per heavy atom. The highest BCUT2D eigenvalue weighted by molar-refractivity contribution is 6.45. The molecule has 3 N–H and O–H groups in total. The maximum atomic E-state index is 13.2. The number of amides is 2. The van der Waals surface area contributed by atoms with Crippen LogP contribution in [0.3, 0.4) is 0 Å². The largest absolute Gasteiger partial charge is 0.497 e. The molecule has 0 bridgehead atoms. The number of ether oxygens (including phenoxy) is 1. The molecule has 172 valence electrons. The summed E-state index contributed by atoms with van der Waals surface area (Å²) < 4.78 is 5.22. The number of carbonyl (C=O) groups excluding carboxylic acids is 3. The number of Topliss-reactive ketones (excluding diaryl/α,β-unsaturated/α-hetero) is 1. The van der Waals surface area contributed by atoms with E-state index >= 15 is 0 Å². The van der Waals surface area contributed by atoms with Crippen molar-refractivity contribution in [2.75, 3.05) is 7.11 Å². The number of hydrogen-bond acceptors (Lipinski definition) is 4. The number of aromatic amines is 1. The molecule has 1 heterocycles. The maximum Gasteiger partial charge on any atom is 0.293 e. The van der Waals surface area contributed by atoms with Gasteiger partial charge in [-0.1, -0.05) is 38.5 Å². The van der Waals surface area contributed by atoms with E-state index in [4.69, 9.17) is 4.74 Å². The molecule has 2 aliphatic carbocycles. The average molecular weight is 440 g/mol. The molecule has 2 saturated carbocycles. The number of hydrogen-bond donors (Lipinski definition) is 3. The lowest BCUT2D eigenvalue weighted by Gasteiger charge is -2.32.